The summed E-state index contributed by atoms with van der Waals surface area (Å²) in [6.07, 6.45) is 0.963. The summed E-state index contributed by atoms with van der Waals surface area (Å²) in [7, 11) is 0. The van der Waals surface area contributed by atoms with Gasteiger partial charge in [0.15, 0.2) is 4.80 Å². The van der Waals surface area contributed by atoms with Crippen molar-refractivity contribution in [2.75, 3.05) is 6.61 Å². The largest absolute Gasteiger partial charge is 0.494 e. The quantitative estimate of drug-likeness (QED) is 0.283. The van der Waals surface area contributed by atoms with Crippen LogP contribution in [-0.4, -0.2) is 11.2 Å². The van der Waals surface area contributed by atoms with Crippen molar-refractivity contribution in [1.82, 2.24) is 4.57 Å². The predicted octanol–water partition coefficient (Wildman–Crippen LogP) is 7.21. The van der Waals surface area contributed by atoms with E-state index in [0.717, 1.165) is 29.2 Å². The summed E-state index contributed by atoms with van der Waals surface area (Å²) < 4.78 is 7.91. The topological polar surface area (TPSA) is 26.5 Å². The Balaban J connectivity index is 1.70. The molecule has 0 amide bonds. The van der Waals surface area contributed by atoms with Gasteiger partial charge in [-0.3, -0.25) is 0 Å². The fourth-order valence-electron chi connectivity index (χ4n) is 3.68. The first kappa shape index (κ1) is 22.1. The van der Waals surface area contributed by atoms with Crippen LogP contribution in [0.5, 0.6) is 5.75 Å². The van der Waals surface area contributed by atoms with E-state index in [9.17, 15) is 0 Å². The highest BCUT2D eigenvalue weighted by atomic mass is 32.1. The number of hydrogen-bond acceptors (Lipinski definition) is 3. The van der Waals surface area contributed by atoms with E-state index in [-0.39, 0.29) is 0 Å². The van der Waals surface area contributed by atoms with Crippen LogP contribution in [0.15, 0.2) is 89.2 Å². The molecule has 0 unspecified atom stereocenters. The molecule has 164 valence electrons. The van der Waals surface area contributed by atoms with Crippen molar-refractivity contribution in [2.24, 2.45) is 4.99 Å². The van der Waals surface area contributed by atoms with Crippen LogP contribution in [-0.2, 0) is 13.0 Å². The van der Waals surface area contributed by atoms with Gasteiger partial charge in [0.05, 0.1) is 18.0 Å². The Kier molecular flexibility index (Phi) is 7.23. The minimum absolute atomic E-state index is 0.530. The Morgan fingerprint density at radius 3 is 2.28 bits per heavy atom. The van der Waals surface area contributed by atoms with E-state index in [1.807, 2.05) is 31.2 Å². The maximum atomic E-state index is 5.57. The van der Waals surface area contributed by atoms with E-state index in [1.54, 1.807) is 11.3 Å². The van der Waals surface area contributed by atoms with E-state index in [1.165, 1.54) is 22.4 Å². The third kappa shape index (κ3) is 5.38. The Hall–Kier alpha value is -3.11. The maximum Gasteiger partial charge on any atom is 0.190 e. The third-order valence-corrected chi connectivity index (χ3v) is 6.37. The molecule has 0 N–H and O–H groups in total. The molecule has 3 aromatic carbocycles. The molecule has 0 aliphatic carbocycles. The van der Waals surface area contributed by atoms with Crippen molar-refractivity contribution in [1.29, 1.82) is 0 Å². The molecule has 32 heavy (non-hydrogen) atoms. The molecule has 0 spiro atoms. The van der Waals surface area contributed by atoms with E-state index < -0.39 is 0 Å². The van der Waals surface area contributed by atoms with Crippen LogP contribution in [0, 0.1) is 0 Å². The second-order valence-corrected chi connectivity index (χ2v) is 8.94. The smallest absolute Gasteiger partial charge is 0.190 e. The average Bonchev–Trinajstić information content (AvgIpc) is 3.22. The van der Waals surface area contributed by atoms with Crippen LogP contribution in [0.25, 0.3) is 11.3 Å². The number of aryl methyl sites for hydroxylation is 1. The molecule has 3 nitrogen and oxygen atoms in total. The highest BCUT2D eigenvalue weighted by Crippen LogP contribution is 2.25. The van der Waals surface area contributed by atoms with Gasteiger partial charge >= 0.3 is 0 Å². The van der Waals surface area contributed by atoms with Gasteiger partial charge in [0.25, 0.3) is 0 Å². The van der Waals surface area contributed by atoms with Gasteiger partial charge in [0.1, 0.15) is 5.75 Å². The molecular formula is C28H30N2OS. The fraction of sp³-hybridized carbons (Fsp3) is 0.250. The van der Waals surface area contributed by atoms with Crippen molar-refractivity contribution >= 4 is 17.0 Å². The van der Waals surface area contributed by atoms with E-state index in [0.29, 0.717) is 12.5 Å². The van der Waals surface area contributed by atoms with Crippen molar-refractivity contribution in [2.45, 2.75) is 39.7 Å². The molecular weight excluding hydrogens is 412 g/mol. The lowest BCUT2D eigenvalue weighted by Crippen LogP contribution is -2.17. The van der Waals surface area contributed by atoms with Gasteiger partial charge in [0, 0.05) is 11.9 Å². The Bertz CT molecular complexity index is 1190. The fourth-order valence-corrected chi connectivity index (χ4v) is 4.64. The second-order valence-electron chi connectivity index (χ2n) is 8.11. The lowest BCUT2D eigenvalue weighted by Gasteiger charge is -2.11. The number of ether oxygens (including phenoxy) is 1. The molecule has 1 aromatic heterocycles. The zero-order valence-corrected chi connectivity index (χ0v) is 19.8. The number of benzene rings is 3. The maximum absolute atomic E-state index is 5.57. The molecule has 0 radical (unpaired) electrons. The summed E-state index contributed by atoms with van der Waals surface area (Å²) in [6, 6.07) is 27.6. The first-order valence-corrected chi connectivity index (χ1v) is 12.1. The molecule has 4 rings (SSSR count). The first-order valence-electron chi connectivity index (χ1n) is 11.2. The van der Waals surface area contributed by atoms with Gasteiger partial charge in [-0.15, -0.1) is 11.3 Å². The van der Waals surface area contributed by atoms with Gasteiger partial charge < -0.3 is 9.30 Å². The van der Waals surface area contributed by atoms with Crippen LogP contribution in [0.4, 0.5) is 5.69 Å². The summed E-state index contributed by atoms with van der Waals surface area (Å²) in [5.74, 6) is 1.41. The van der Waals surface area contributed by atoms with Crippen molar-refractivity contribution in [3.63, 3.8) is 0 Å². The molecule has 0 aliphatic heterocycles. The second kappa shape index (κ2) is 10.5. The lowest BCUT2D eigenvalue weighted by atomic mass is 10.0. The van der Waals surface area contributed by atoms with Crippen LogP contribution in [0.2, 0.25) is 0 Å². The zero-order chi connectivity index (χ0) is 22.3. The minimum Gasteiger partial charge on any atom is -0.494 e. The van der Waals surface area contributed by atoms with E-state index >= 15 is 0 Å². The lowest BCUT2D eigenvalue weighted by molar-refractivity contribution is 0.340. The van der Waals surface area contributed by atoms with Crippen LogP contribution < -0.4 is 9.54 Å². The number of nitrogens with zero attached hydrogens (tertiary/aromatic N) is 2. The Morgan fingerprint density at radius 2 is 1.62 bits per heavy atom. The summed E-state index contributed by atoms with van der Waals surface area (Å²) in [5, 5.41) is 2.22. The molecule has 0 aliphatic rings. The SMILES string of the molecule is CCOc1ccc(N=c2scc(-c3ccc(C(C)C)cc3)n2CCc2ccccc2)cc1. The Labute approximate surface area is 194 Å². The Morgan fingerprint density at radius 1 is 0.906 bits per heavy atom. The van der Waals surface area contributed by atoms with Gasteiger partial charge in [-0.25, -0.2) is 4.99 Å². The van der Waals surface area contributed by atoms with Gasteiger partial charge in [-0.05, 0) is 60.2 Å². The first-order chi connectivity index (χ1) is 15.6. The average molecular weight is 443 g/mol. The van der Waals surface area contributed by atoms with Crippen LogP contribution in [0.3, 0.4) is 0 Å². The number of aromatic nitrogens is 1. The normalized spacial score (nSPS) is 11.8. The molecule has 1 heterocycles. The summed E-state index contributed by atoms with van der Waals surface area (Å²) in [6.45, 7) is 8.00. The summed E-state index contributed by atoms with van der Waals surface area (Å²) >= 11 is 1.69. The number of thiazole rings is 1. The summed E-state index contributed by atoms with van der Waals surface area (Å²) in [5.41, 5.74) is 6.07. The van der Waals surface area contributed by atoms with E-state index in [2.05, 4.69) is 78.4 Å². The third-order valence-electron chi connectivity index (χ3n) is 5.51. The molecule has 0 bridgehead atoms. The van der Waals surface area contributed by atoms with Crippen molar-refractivity contribution < 1.29 is 4.74 Å². The van der Waals surface area contributed by atoms with Gasteiger partial charge in [-0.2, -0.15) is 0 Å². The molecule has 0 fully saturated rings. The monoisotopic (exact) mass is 442 g/mol. The van der Waals surface area contributed by atoms with E-state index in [4.69, 9.17) is 9.73 Å². The highest BCUT2D eigenvalue weighted by Gasteiger charge is 2.10. The molecule has 0 atom stereocenters. The summed E-state index contributed by atoms with van der Waals surface area (Å²) in [4.78, 5) is 5.98. The molecule has 4 aromatic rings. The minimum atomic E-state index is 0.530. The van der Waals surface area contributed by atoms with Crippen LogP contribution in [0.1, 0.15) is 37.8 Å². The zero-order valence-electron chi connectivity index (χ0n) is 19.0. The predicted molar refractivity (Wildman–Crippen MR) is 135 cm³/mol. The van der Waals surface area contributed by atoms with Crippen molar-refractivity contribution in [3.05, 3.63) is 100 Å². The standard InChI is InChI=1S/C28H30N2OS/c1-4-31-26-16-14-25(15-17-26)29-28-30(19-18-22-8-6-5-7-9-22)27(20-32-28)24-12-10-23(11-13-24)21(2)3/h5-17,20-21H,4,18-19H2,1-3H3. The molecule has 0 saturated heterocycles. The number of rotatable bonds is 8. The van der Waals surface area contributed by atoms with Crippen molar-refractivity contribution in [3.8, 4) is 17.0 Å². The van der Waals surface area contributed by atoms with Crippen LogP contribution >= 0.6 is 11.3 Å². The number of hydrogen-bond donors (Lipinski definition) is 0. The van der Waals surface area contributed by atoms with Gasteiger partial charge in [-0.1, -0.05) is 68.4 Å². The highest BCUT2D eigenvalue weighted by molar-refractivity contribution is 7.07. The molecule has 0 saturated carbocycles. The molecule has 4 heteroatoms. The van der Waals surface area contributed by atoms with Gasteiger partial charge in [0.2, 0.25) is 0 Å².